The molecule has 1 aliphatic carbocycles. The summed E-state index contributed by atoms with van der Waals surface area (Å²) in [7, 11) is 0. The van der Waals surface area contributed by atoms with Crippen molar-refractivity contribution in [2.45, 2.75) is 25.7 Å². The van der Waals surface area contributed by atoms with Crippen molar-refractivity contribution < 1.29 is 9.90 Å². The van der Waals surface area contributed by atoms with Gasteiger partial charge in [-0.05, 0) is 0 Å². The van der Waals surface area contributed by atoms with Crippen LogP contribution in [0.5, 0.6) is 0 Å². The second-order valence-corrected chi connectivity index (χ2v) is 1.52. The Kier molecular flexibility index (Phi) is 13.5. The molecule has 0 radical (unpaired) electrons. The molecule has 0 heterocycles. The van der Waals surface area contributed by atoms with Gasteiger partial charge in [0.05, 0.1) is 0 Å². The number of rotatable bonds is 0. The normalized spacial score (nSPS) is 13.5. The Bertz CT molecular complexity index is 39.7. The molecule has 1 N–H and O–H groups in total. The van der Waals surface area contributed by atoms with E-state index in [9.17, 15) is 0 Å². The van der Waals surface area contributed by atoms with Gasteiger partial charge in [0.1, 0.15) is 0 Å². The van der Waals surface area contributed by atoms with E-state index >= 15 is 0 Å². The summed E-state index contributed by atoms with van der Waals surface area (Å²) in [4.78, 5) is 8.36. The molecule has 1 rings (SSSR count). The molecule has 1 aliphatic rings. The summed E-state index contributed by atoms with van der Waals surface area (Å²) in [5, 5.41) is 6.89. The number of carboxylic acid groups (broad SMARTS) is 1. The van der Waals surface area contributed by atoms with E-state index in [2.05, 4.69) is 0 Å². The topological polar surface area (TPSA) is 37.3 Å². The lowest BCUT2D eigenvalue weighted by Crippen LogP contribution is -1.85. The third kappa shape index (κ3) is 9.31. The van der Waals surface area contributed by atoms with Crippen molar-refractivity contribution in [3.05, 3.63) is 0 Å². The first-order valence-electron chi connectivity index (χ1n) is 2.49. The van der Waals surface area contributed by atoms with E-state index in [1.165, 1.54) is 25.7 Å². The minimum Gasteiger partial charge on any atom is -0.483 e. The average molecular weight is 136 g/mol. The Morgan fingerprint density at radius 2 is 1.25 bits per heavy atom. The molecule has 0 aromatic rings. The van der Waals surface area contributed by atoms with Crippen molar-refractivity contribution in [3.8, 4) is 0 Å². The van der Waals surface area contributed by atoms with Crippen molar-refractivity contribution in [2.75, 3.05) is 0 Å². The van der Waals surface area contributed by atoms with Crippen LogP contribution in [-0.4, -0.2) is 11.6 Å². The van der Waals surface area contributed by atoms with E-state index in [0.29, 0.717) is 0 Å². The van der Waals surface area contributed by atoms with E-state index in [0.717, 1.165) is 0 Å². The van der Waals surface area contributed by atoms with Crippen LogP contribution in [0.1, 0.15) is 25.7 Å². The lowest BCUT2D eigenvalue weighted by molar-refractivity contribution is -0.122. The Morgan fingerprint density at radius 1 is 1.12 bits per heavy atom. The summed E-state index contributed by atoms with van der Waals surface area (Å²) >= 11 is 0. The molecule has 0 spiro atoms. The number of carbonyl (C=O) groups is 1. The lowest BCUT2D eigenvalue weighted by atomic mass is 10.0. The second kappa shape index (κ2) is 10.0. The SMILES string of the molecule is C1CCC1.O=CO.P. The van der Waals surface area contributed by atoms with Crippen molar-refractivity contribution in [3.63, 3.8) is 0 Å². The van der Waals surface area contributed by atoms with Crippen LogP contribution in [0.25, 0.3) is 0 Å². The molecule has 1 fully saturated rings. The average Bonchev–Trinajstić information content (AvgIpc) is 1.27. The fraction of sp³-hybridized carbons (Fsp3) is 0.800. The minimum absolute atomic E-state index is 0. The van der Waals surface area contributed by atoms with Gasteiger partial charge >= 0.3 is 0 Å². The van der Waals surface area contributed by atoms with Crippen LogP contribution in [0.2, 0.25) is 0 Å². The lowest BCUT2D eigenvalue weighted by Gasteiger charge is -2.05. The van der Waals surface area contributed by atoms with Crippen LogP contribution in [0.15, 0.2) is 0 Å². The van der Waals surface area contributed by atoms with Crippen LogP contribution in [0, 0.1) is 0 Å². The summed E-state index contributed by atoms with van der Waals surface area (Å²) in [6, 6.07) is 0. The van der Waals surface area contributed by atoms with Gasteiger partial charge < -0.3 is 5.11 Å². The van der Waals surface area contributed by atoms with E-state index in [1.54, 1.807) is 0 Å². The molecule has 0 aliphatic heterocycles. The standard InChI is InChI=1S/C4H8.CH2O2.H3P/c1-2-4-3-1;2-1-3;/h1-4H2;1H,(H,2,3);1H3. The third-order valence-corrected chi connectivity index (χ3v) is 1.000. The molecule has 8 heavy (non-hydrogen) atoms. The van der Waals surface area contributed by atoms with Gasteiger partial charge in [-0.25, -0.2) is 0 Å². The largest absolute Gasteiger partial charge is 0.483 e. The maximum absolute atomic E-state index is 8.36. The van der Waals surface area contributed by atoms with Gasteiger partial charge in [0.15, 0.2) is 0 Å². The van der Waals surface area contributed by atoms with Crippen LogP contribution in [0.3, 0.4) is 0 Å². The minimum atomic E-state index is -0.250. The summed E-state index contributed by atoms with van der Waals surface area (Å²) < 4.78 is 0. The smallest absolute Gasteiger partial charge is 0.290 e. The van der Waals surface area contributed by atoms with Gasteiger partial charge in [0.25, 0.3) is 6.47 Å². The van der Waals surface area contributed by atoms with Crippen molar-refractivity contribution in [2.24, 2.45) is 0 Å². The van der Waals surface area contributed by atoms with Crippen LogP contribution in [-0.2, 0) is 4.79 Å². The predicted molar refractivity (Wildman–Crippen MR) is 38.3 cm³/mol. The summed E-state index contributed by atoms with van der Waals surface area (Å²) in [5.74, 6) is 0. The first-order valence-corrected chi connectivity index (χ1v) is 2.49. The Hall–Kier alpha value is -0.100. The van der Waals surface area contributed by atoms with Gasteiger partial charge in [0.2, 0.25) is 0 Å². The zero-order valence-corrected chi connectivity index (χ0v) is 6.38. The van der Waals surface area contributed by atoms with E-state index in [1.807, 2.05) is 0 Å². The molecule has 0 aromatic heterocycles. The maximum Gasteiger partial charge on any atom is 0.290 e. The molecule has 2 nitrogen and oxygen atoms in total. The summed E-state index contributed by atoms with van der Waals surface area (Å²) in [6.45, 7) is -0.250. The van der Waals surface area contributed by atoms with Gasteiger partial charge in [0, 0.05) is 0 Å². The highest BCUT2D eigenvalue weighted by Crippen LogP contribution is 2.15. The Morgan fingerprint density at radius 3 is 1.25 bits per heavy atom. The zero-order valence-electron chi connectivity index (χ0n) is 4.97. The van der Waals surface area contributed by atoms with E-state index in [-0.39, 0.29) is 16.4 Å². The molecule has 3 heteroatoms. The summed E-state index contributed by atoms with van der Waals surface area (Å²) in [5.41, 5.74) is 0. The highest BCUT2D eigenvalue weighted by atomic mass is 31.0. The molecule has 0 bridgehead atoms. The maximum atomic E-state index is 8.36. The Labute approximate surface area is 52.9 Å². The molecule has 0 amide bonds. The fourth-order valence-corrected chi connectivity index (χ4v) is 0.250. The van der Waals surface area contributed by atoms with E-state index < -0.39 is 0 Å². The van der Waals surface area contributed by atoms with Crippen molar-refractivity contribution in [1.29, 1.82) is 0 Å². The van der Waals surface area contributed by atoms with Crippen LogP contribution >= 0.6 is 9.90 Å². The Balaban J connectivity index is 0. The van der Waals surface area contributed by atoms with Crippen molar-refractivity contribution >= 4 is 16.4 Å². The van der Waals surface area contributed by atoms with Crippen molar-refractivity contribution in [1.82, 2.24) is 0 Å². The van der Waals surface area contributed by atoms with Crippen LogP contribution in [0.4, 0.5) is 0 Å². The highest BCUT2D eigenvalue weighted by molar-refractivity contribution is 6.92. The molecular weight excluding hydrogens is 123 g/mol. The number of hydrogen-bond donors (Lipinski definition) is 1. The third-order valence-electron chi connectivity index (χ3n) is 1.000. The molecule has 0 aromatic carbocycles. The van der Waals surface area contributed by atoms with Crippen LogP contribution < -0.4 is 0 Å². The molecule has 0 saturated heterocycles. The quantitative estimate of drug-likeness (QED) is 0.402. The second-order valence-electron chi connectivity index (χ2n) is 1.52. The number of hydrogen-bond acceptors (Lipinski definition) is 1. The van der Waals surface area contributed by atoms with Gasteiger partial charge in [-0.1, -0.05) is 25.7 Å². The van der Waals surface area contributed by atoms with E-state index in [4.69, 9.17) is 9.90 Å². The van der Waals surface area contributed by atoms with Gasteiger partial charge in [-0.2, -0.15) is 9.90 Å². The molecular formula is C5H13O2P. The molecule has 1 atom stereocenters. The van der Waals surface area contributed by atoms with Gasteiger partial charge in [-0.15, -0.1) is 0 Å². The first kappa shape index (κ1) is 10.8. The fourth-order valence-electron chi connectivity index (χ4n) is 0.250. The monoisotopic (exact) mass is 136 g/mol. The zero-order chi connectivity index (χ0) is 5.54. The molecule has 1 unspecified atom stereocenters. The summed E-state index contributed by atoms with van der Waals surface area (Å²) in [6.07, 6.45) is 6.00. The highest BCUT2D eigenvalue weighted by Gasteiger charge is 1.95. The molecule has 50 valence electrons. The predicted octanol–water partition coefficient (Wildman–Crippen LogP) is 1.32. The first-order chi connectivity index (χ1) is 3.41. The molecule has 1 saturated carbocycles. The van der Waals surface area contributed by atoms with Gasteiger partial charge in [-0.3, -0.25) is 4.79 Å².